The smallest absolute Gasteiger partial charge is 0.0541 e. The summed E-state index contributed by atoms with van der Waals surface area (Å²) in [6, 6.07) is 84.2. The molecule has 0 aliphatic carbocycles. The molecule has 0 N–H and O–H groups in total. The molecule has 2 nitrogen and oxygen atoms in total. The first kappa shape index (κ1) is 35.2. The number of anilines is 3. The van der Waals surface area contributed by atoms with Gasteiger partial charge in [-0.2, -0.15) is 0 Å². The molecule has 0 aliphatic heterocycles. The van der Waals surface area contributed by atoms with Crippen molar-refractivity contribution in [1.82, 2.24) is 4.57 Å². The molecule has 3 heteroatoms. The molecule has 0 atom stereocenters. The summed E-state index contributed by atoms with van der Waals surface area (Å²) in [4.78, 5) is 2.40. The molecule has 0 unspecified atom stereocenters. The van der Waals surface area contributed by atoms with Crippen LogP contribution in [0.25, 0.3) is 91.8 Å². The van der Waals surface area contributed by atoms with Gasteiger partial charge in [0.15, 0.2) is 0 Å². The fourth-order valence-electron chi connectivity index (χ4n) is 9.23. The highest BCUT2D eigenvalue weighted by Gasteiger charge is 2.19. The van der Waals surface area contributed by atoms with Gasteiger partial charge in [-0.15, -0.1) is 11.3 Å². The number of rotatable bonds is 7. The topological polar surface area (TPSA) is 8.17 Å². The van der Waals surface area contributed by atoms with E-state index in [1.54, 1.807) is 0 Å². The third-order valence-electron chi connectivity index (χ3n) is 12.2. The average Bonchev–Trinajstić information content (AvgIpc) is 3.88. The van der Waals surface area contributed by atoms with Crippen molar-refractivity contribution in [3.8, 4) is 39.1 Å². The van der Waals surface area contributed by atoms with Crippen molar-refractivity contribution in [2.75, 3.05) is 4.90 Å². The van der Waals surface area contributed by atoms with Crippen molar-refractivity contribution in [3.05, 3.63) is 231 Å². The number of thiophene rings is 1. The van der Waals surface area contributed by atoms with Crippen molar-refractivity contribution in [2.24, 2.45) is 0 Å². The van der Waals surface area contributed by atoms with E-state index in [1.165, 1.54) is 86.1 Å². The molecule has 10 aromatic carbocycles. The maximum Gasteiger partial charge on any atom is 0.0541 e. The molecule has 0 radical (unpaired) electrons. The molecule has 61 heavy (non-hydrogen) atoms. The van der Waals surface area contributed by atoms with Crippen LogP contribution >= 0.6 is 11.3 Å². The maximum absolute atomic E-state index is 2.40. The average molecular weight is 795 g/mol. The zero-order valence-electron chi connectivity index (χ0n) is 33.2. The number of hydrogen-bond donors (Lipinski definition) is 0. The number of aromatic nitrogens is 1. The second kappa shape index (κ2) is 14.5. The van der Waals surface area contributed by atoms with Gasteiger partial charge in [-0.3, -0.25) is 0 Å². The predicted octanol–water partition coefficient (Wildman–Crippen LogP) is 16.8. The van der Waals surface area contributed by atoms with Crippen LogP contribution < -0.4 is 4.90 Å². The molecule has 2 heterocycles. The lowest BCUT2D eigenvalue weighted by molar-refractivity contribution is 1.18. The van der Waals surface area contributed by atoms with Gasteiger partial charge in [0.05, 0.1) is 16.7 Å². The van der Waals surface area contributed by atoms with Crippen LogP contribution in [0.1, 0.15) is 0 Å². The zero-order valence-corrected chi connectivity index (χ0v) is 34.1. The van der Waals surface area contributed by atoms with Crippen LogP contribution in [0.5, 0.6) is 0 Å². The van der Waals surface area contributed by atoms with Gasteiger partial charge in [0.1, 0.15) is 0 Å². The van der Waals surface area contributed by atoms with Crippen molar-refractivity contribution in [2.45, 2.75) is 0 Å². The summed E-state index contributed by atoms with van der Waals surface area (Å²) in [6.07, 6.45) is 0. The molecule has 0 spiro atoms. The number of benzene rings is 10. The Bertz CT molecular complexity index is 3540. The van der Waals surface area contributed by atoms with Crippen LogP contribution in [-0.4, -0.2) is 4.57 Å². The van der Waals surface area contributed by atoms with Crippen LogP contribution in [0.3, 0.4) is 0 Å². The van der Waals surface area contributed by atoms with E-state index >= 15 is 0 Å². The molecule has 0 aliphatic rings. The first-order chi connectivity index (χ1) is 30.2. The number of fused-ring (bicyclic) bond motifs is 7. The van der Waals surface area contributed by atoms with E-state index in [1.807, 2.05) is 11.3 Å². The Labute approximate surface area is 358 Å². The summed E-state index contributed by atoms with van der Waals surface area (Å²) in [5.74, 6) is 0. The van der Waals surface area contributed by atoms with Gasteiger partial charge in [0.2, 0.25) is 0 Å². The largest absolute Gasteiger partial charge is 0.310 e. The molecule has 12 rings (SSSR count). The molecular formula is C58H38N2S. The SMILES string of the molecule is c1cc(-c2ccc(N(c3ccc(-c4ccc5sc6ccccc6c5c4)cc3)c3ccccc3-c3ccc4ccccc4c3)cc2)cc(-n2c3ccccc3c3ccccc32)c1. The lowest BCUT2D eigenvalue weighted by Crippen LogP contribution is -2.11. The molecule has 0 saturated carbocycles. The van der Waals surface area contributed by atoms with Gasteiger partial charge in [-0.1, -0.05) is 152 Å². The van der Waals surface area contributed by atoms with Crippen molar-refractivity contribution < 1.29 is 0 Å². The predicted molar refractivity (Wildman–Crippen MR) is 262 cm³/mol. The monoisotopic (exact) mass is 794 g/mol. The highest BCUT2D eigenvalue weighted by Crippen LogP contribution is 2.43. The van der Waals surface area contributed by atoms with Crippen LogP contribution in [0.2, 0.25) is 0 Å². The van der Waals surface area contributed by atoms with E-state index in [2.05, 4.69) is 240 Å². The Morgan fingerprint density at radius 2 is 0.885 bits per heavy atom. The molecule has 12 aromatic rings. The zero-order chi connectivity index (χ0) is 40.3. The van der Waals surface area contributed by atoms with Crippen LogP contribution in [0.4, 0.5) is 17.1 Å². The van der Waals surface area contributed by atoms with Gasteiger partial charge in [-0.05, 0) is 117 Å². The first-order valence-electron chi connectivity index (χ1n) is 20.8. The lowest BCUT2D eigenvalue weighted by Gasteiger charge is -2.28. The fourth-order valence-corrected chi connectivity index (χ4v) is 10.3. The Morgan fingerprint density at radius 3 is 1.62 bits per heavy atom. The van der Waals surface area contributed by atoms with E-state index in [-0.39, 0.29) is 0 Å². The summed E-state index contributed by atoms with van der Waals surface area (Å²) in [5, 5.41) is 7.63. The molecule has 286 valence electrons. The van der Waals surface area contributed by atoms with E-state index in [9.17, 15) is 0 Å². The first-order valence-corrected chi connectivity index (χ1v) is 21.6. The molecule has 0 saturated heterocycles. The molecule has 0 fully saturated rings. The Hall–Kier alpha value is -7.72. The van der Waals surface area contributed by atoms with Crippen LogP contribution in [-0.2, 0) is 0 Å². The second-order valence-corrected chi connectivity index (χ2v) is 16.8. The Balaban J connectivity index is 0.957. The third-order valence-corrected chi connectivity index (χ3v) is 13.3. The summed E-state index contributed by atoms with van der Waals surface area (Å²) in [7, 11) is 0. The van der Waals surface area contributed by atoms with Crippen molar-refractivity contribution in [1.29, 1.82) is 0 Å². The number of hydrogen-bond acceptors (Lipinski definition) is 2. The lowest BCUT2D eigenvalue weighted by atomic mass is 9.98. The van der Waals surface area contributed by atoms with E-state index < -0.39 is 0 Å². The minimum absolute atomic E-state index is 1.09. The van der Waals surface area contributed by atoms with Gasteiger partial charge < -0.3 is 9.47 Å². The van der Waals surface area contributed by atoms with E-state index in [0.717, 1.165) is 22.7 Å². The summed E-state index contributed by atoms with van der Waals surface area (Å²) in [5.41, 5.74) is 14.0. The Morgan fingerprint density at radius 1 is 0.328 bits per heavy atom. The number of para-hydroxylation sites is 3. The van der Waals surface area contributed by atoms with Gasteiger partial charge in [0, 0.05) is 53.6 Å². The van der Waals surface area contributed by atoms with Crippen LogP contribution in [0.15, 0.2) is 231 Å². The minimum Gasteiger partial charge on any atom is -0.310 e. The van der Waals surface area contributed by atoms with E-state index in [4.69, 9.17) is 0 Å². The van der Waals surface area contributed by atoms with Crippen LogP contribution in [0, 0.1) is 0 Å². The quantitative estimate of drug-likeness (QED) is 0.156. The normalized spacial score (nSPS) is 11.6. The third kappa shape index (κ3) is 6.09. The molecule has 0 bridgehead atoms. The summed E-state index contributed by atoms with van der Waals surface area (Å²) < 4.78 is 5.03. The van der Waals surface area contributed by atoms with Gasteiger partial charge in [-0.25, -0.2) is 0 Å². The van der Waals surface area contributed by atoms with Crippen molar-refractivity contribution in [3.63, 3.8) is 0 Å². The molecular weight excluding hydrogens is 757 g/mol. The maximum atomic E-state index is 2.40. The van der Waals surface area contributed by atoms with Crippen molar-refractivity contribution >= 4 is 81.1 Å². The van der Waals surface area contributed by atoms with Gasteiger partial charge >= 0.3 is 0 Å². The highest BCUT2D eigenvalue weighted by atomic mass is 32.1. The highest BCUT2D eigenvalue weighted by molar-refractivity contribution is 7.25. The summed E-state index contributed by atoms with van der Waals surface area (Å²) in [6.45, 7) is 0. The molecule has 2 aromatic heterocycles. The minimum atomic E-state index is 1.09. The summed E-state index contributed by atoms with van der Waals surface area (Å²) >= 11 is 1.86. The fraction of sp³-hybridized carbons (Fsp3) is 0. The van der Waals surface area contributed by atoms with E-state index in [0.29, 0.717) is 0 Å². The standard InChI is InChI=1S/C58H38N2S/c1-2-13-42-36-45(25-24-39(42)12-1)49-16-3-7-20-54(49)59(47-33-28-41(29-34-47)44-30-35-58-53(38-44)52-19-6-10-23-57(52)61-58)46-31-26-40(27-32-46)43-14-11-15-48(37-43)60-55-21-8-4-17-50(55)51-18-5-9-22-56(51)60/h1-38H. The Kier molecular flexibility index (Phi) is 8.39. The second-order valence-electron chi connectivity index (χ2n) is 15.7. The number of nitrogens with zero attached hydrogens (tertiary/aromatic N) is 2. The van der Waals surface area contributed by atoms with Gasteiger partial charge in [0.25, 0.3) is 0 Å². The molecule has 0 amide bonds.